The highest BCUT2D eigenvalue weighted by molar-refractivity contribution is 5.89. The number of carbonyl (C=O) groups is 2. The van der Waals surface area contributed by atoms with Crippen LogP contribution in [0.3, 0.4) is 0 Å². The van der Waals surface area contributed by atoms with Crippen molar-refractivity contribution in [1.29, 1.82) is 0 Å². The first kappa shape index (κ1) is 19.9. The van der Waals surface area contributed by atoms with Crippen molar-refractivity contribution in [3.63, 3.8) is 0 Å². The summed E-state index contributed by atoms with van der Waals surface area (Å²) in [6.07, 6.45) is 1.94. The minimum Gasteiger partial charge on any atom is -0.438 e. The van der Waals surface area contributed by atoms with Gasteiger partial charge < -0.3 is 15.0 Å². The second kappa shape index (κ2) is 8.42. The van der Waals surface area contributed by atoms with Crippen molar-refractivity contribution in [2.24, 2.45) is 5.92 Å². The molecular weight excluding hydrogens is 354 g/mol. The number of benzene rings is 1. The Balaban J connectivity index is 1.67. The van der Waals surface area contributed by atoms with Gasteiger partial charge in [0.15, 0.2) is 0 Å². The average molecular weight is 381 g/mol. The van der Waals surface area contributed by atoms with Crippen molar-refractivity contribution in [2.75, 3.05) is 6.54 Å². The van der Waals surface area contributed by atoms with Crippen molar-refractivity contribution in [2.45, 2.75) is 46.7 Å². The average Bonchev–Trinajstić information content (AvgIpc) is 3.06. The van der Waals surface area contributed by atoms with E-state index in [9.17, 15) is 9.59 Å². The third kappa shape index (κ3) is 4.32. The Morgan fingerprint density at radius 1 is 1.25 bits per heavy atom. The normalized spacial score (nSPS) is 16.5. The van der Waals surface area contributed by atoms with Gasteiger partial charge in [0, 0.05) is 37.3 Å². The summed E-state index contributed by atoms with van der Waals surface area (Å²) in [5.74, 6) is 0.873. The molecule has 1 N–H and O–H groups in total. The van der Waals surface area contributed by atoms with Crippen molar-refractivity contribution in [3.8, 4) is 11.6 Å². The minimum absolute atomic E-state index is 0.0376. The molecule has 0 bridgehead atoms. The largest absolute Gasteiger partial charge is 0.438 e. The molecule has 1 aliphatic rings. The molecule has 2 aromatic rings. The first-order valence-corrected chi connectivity index (χ1v) is 9.62. The van der Waals surface area contributed by atoms with Crippen LogP contribution in [0, 0.1) is 19.8 Å². The van der Waals surface area contributed by atoms with Crippen molar-refractivity contribution >= 4 is 11.8 Å². The molecule has 6 heteroatoms. The highest BCUT2D eigenvalue weighted by atomic mass is 16.5. The third-order valence-corrected chi connectivity index (χ3v) is 5.06. The van der Waals surface area contributed by atoms with Gasteiger partial charge >= 0.3 is 0 Å². The Bertz CT molecular complexity index is 859. The van der Waals surface area contributed by atoms with Crippen LogP contribution < -0.4 is 10.1 Å². The number of para-hydroxylation sites is 1. The maximum atomic E-state index is 12.6. The fraction of sp³-hybridized carbons (Fsp3) is 0.409. The van der Waals surface area contributed by atoms with E-state index in [4.69, 9.17) is 4.74 Å². The topological polar surface area (TPSA) is 71.5 Å². The number of pyridine rings is 1. The van der Waals surface area contributed by atoms with Crippen LogP contribution in [0.4, 0.5) is 0 Å². The number of nitrogens with zero attached hydrogens (tertiary/aromatic N) is 2. The van der Waals surface area contributed by atoms with Gasteiger partial charge in [0.05, 0.1) is 5.92 Å². The summed E-state index contributed by atoms with van der Waals surface area (Å²) in [5, 5.41) is 2.94. The predicted molar refractivity (Wildman–Crippen MR) is 107 cm³/mol. The number of amides is 2. The van der Waals surface area contributed by atoms with E-state index in [1.165, 1.54) is 0 Å². The van der Waals surface area contributed by atoms with Crippen LogP contribution in [-0.4, -0.2) is 34.3 Å². The van der Waals surface area contributed by atoms with Crippen LogP contribution in [0.1, 0.15) is 37.0 Å². The second-order valence-corrected chi connectivity index (χ2v) is 7.55. The Labute approximate surface area is 165 Å². The number of rotatable bonds is 6. The number of aryl methyl sites for hydroxylation is 2. The molecule has 1 aliphatic heterocycles. The molecule has 0 unspecified atom stereocenters. The number of ether oxygens (including phenoxy) is 1. The molecule has 1 atom stereocenters. The molecule has 0 radical (unpaired) electrons. The Morgan fingerprint density at radius 2 is 1.96 bits per heavy atom. The lowest BCUT2D eigenvalue weighted by Crippen LogP contribution is -2.35. The van der Waals surface area contributed by atoms with Gasteiger partial charge in [0.25, 0.3) is 0 Å². The van der Waals surface area contributed by atoms with E-state index in [2.05, 4.69) is 10.3 Å². The Morgan fingerprint density at radius 3 is 2.61 bits per heavy atom. The number of carbonyl (C=O) groups excluding carboxylic acids is 2. The molecule has 3 rings (SSSR count). The third-order valence-electron chi connectivity index (χ3n) is 5.06. The molecule has 28 heavy (non-hydrogen) atoms. The summed E-state index contributed by atoms with van der Waals surface area (Å²) >= 11 is 0. The zero-order chi connectivity index (χ0) is 20.3. The van der Waals surface area contributed by atoms with Crippen molar-refractivity contribution < 1.29 is 14.3 Å². The molecule has 148 valence electrons. The van der Waals surface area contributed by atoms with E-state index in [0.717, 1.165) is 22.4 Å². The van der Waals surface area contributed by atoms with E-state index in [0.29, 0.717) is 19.0 Å². The van der Waals surface area contributed by atoms with E-state index < -0.39 is 0 Å². The summed E-state index contributed by atoms with van der Waals surface area (Å²) in [7, 11) is 0. The number of hydrogen-bond acceptors (Lipinski definition) is 4. The molecule has 1 aromatic carbocycles. The lowest BCUT2D eigenvalue weighted by Gasteiger charge is -2.20. The molecule has 1 fully saturated rings. The van der Waals surface area contributed by atoms with E-state index >= 15 is 0 Å². The molecule has 2 heterocycles. The van der Waals surface area contributed by atoms with Crippen LogP contribution in [0.2, 0.25) is 0 Å². The predicted octanol–water partition coefficient (Wildman–Crippen LogP) is 3.36. The molecule has 0 spiro atoms. The highest BCUT2D eigenvalue weighted by Gasteiger charge is 2.35. The van der Waals surface area contributed by atoms with Crippen molar-refractivity contribution in [3.05, 3.63) is 53.2 Å². The molecule has 2 amide bonds. The second-order valence-electron chi connectivity index (χ2n) is 7.55. The van der Waals surface area contributed by atoms with Crippen LogP contribution in [0.15, 0.2) is 36.5 Å². The lowest BCUT2D eigenvalue weighted by molar-refractivity contribution is -0.130. The fourth-order valence-corrected chi connectivity index (χ4v) is 3.44. The first-order valence-electron chi connectivity index (χ1n) is 9.62. The van der Waals surface area contributed by atoms with E-state index in [1.807, 2.05) is 58.0 Å². The maximum Gasteiger partial charge on any atom is 0.225 e. The van der Waals surface area contributed by atoms with E-state index in [-0.39, 0.29) is 30.2 Å². The lowest BCUT2D eigenvalue weighted by atomic mass is 10.1. The molecule has 0 saturated carbocycles. The summed E-state index contributed by atoms with van der Waals surface area (Å²) in [4.78, 5) is 30.7. The highest BCUT2D eigenvalue weighted by Crippen LogP contribution is 2.29. The number of aromatic nitrogens is 1. The number of likely N-dealkylation sites (tertiary alicyclic amines) is 1. The van der Waals surface area contributed by atoms with Gasteiger partial charge in [0.2, 0.25) is 17.7 Å². The van der Waals surface area contributed by atoms with Gasteiger partial charge in [-0.05, 0) is 44.9 Å². The molecule has 6 nitrogen and oxygen atoms in total. The van der Waals surface area contributed by atoms with Crippen molar-refractivity contribution in [1.82, 2.24) is 15.2 Å². The summed E-state index contributed by atoms with van der Waals surface area (Å²) < 4.78 is 6.07. The Hall–Kier alpha value is -2.89. The van der Waals surface area contributed by atoms with Gasteiger partial charge in [-0.1, -0.05) is 24.3 Å². The molecule has 1 saturated heterocycles. The SMILES string of the molecule is Cc1cccc(C)c1Oc1ncccc1CNC(=O)[C@H]1CC(=O)N(C(C)C)C1. The standard InChI is InChI=1S/C22H27N3O3/c1-14(2)25-13-18(11-19(25)26)21(27)24-12-17-9-6-10-23-22(17)28-20-15(3)7-5-8-16(20)4/h5-10,14,18H,11-13H2,1-4H3,(H,24,27)/t18-/m0/s1. The first-order chi connectivity index (χ1) is 13.4. The zero-order valence-electron chi connectivity index (χ0n) is 16.9. The summed E-state index contributed by atoms with van der Waals surface area (Å²) in [5.41, 5.74) is 2.85. The van der Waals surface area contributed by atoms with Gasteiger partial charge in [-0.15, -0.1) is 0 Å². The maximum absolute atomic E-state index is 12.6. The monoisotopic (exact) mass is 381 g/mol. The molecule has 0 aliphatic carbocycles. The van der Waals surface area contributed by atoms with Gasteiger partial charge in [0.1, 0.15) is 5.75 Å². The summed E-state index contributed by atoms with van der Waals surface area (Å²) in [6.45, 7) is 8.69. The van der Waals surface area contributed by atoms with Crippen LogP contribution in [-0.2, 0) is 16.1 Å². The van der Waals surface area contributed by atoms with Gasteiger partial charge in [-0.2, -0.15) is 0 Å². The Kier molecular flexibility index (Phi) is 5.97. The van der Waals surface area contributed by atoms with Crippen LogP contribution >= 0.6 is 0 Å². The van der Waals surface area contributed by atoms with Crippen LogP contribution in [0.5, 0.6) is 11.6 Å². The number of hydrogen-bond donors (Lipinski definition) is 1. The molecule has 1 aromatic heterocycles. The van der Waals surface area contributed by atoms with Crippen LogP contribution in [0.25, 0.3) is 0 Å². The molecular formula is C22H27N3O3. The van der Waals surface area contributed by atoms with Gasteiger partial charge in [-0.3, -0.25) is 9.59 Å². The van der Waals surface area contributed by atoms with E-state index in [1.54, 1.807) is 11.1 Å². The number of nitrogens with one attached hydrogen (secondary N) is 1. The zero-order valence-corrected chi connectivity index (χ0v) is 16.9. The fourth-order valence-electron chi connectivity index (χ4n) is 3.44. The smallest absolute Gasteiger partial charge is 0.225 e. The van der Waals surface area contributed by atoms with Gasteiger partial charge in [-0.25, -0.2) is 4.98 Å². The quantitative estimate of drug-likeness (QED) is 0.833. The minimum atomic E-state index is -0.311. The summed E-state index contributed by atoms with van der Waals surface area (Å²) in [6, 6.07) is 9.78.